The Kier molecular flexibility index (Phi) is 5.55. The Bertz CT molecular complexity index is 637. The number of halogens is 1. The van der Waals surface area contributed by atoms with Crippen LogP contribution in [0.3, 0.4) is 0 Å². The minimum absolute atomic E-state index is 0.183. The van der Waals surface area contributed by atoms with E-state index in [0.717, 1.165) is 18.4 Å². The summed E-state index contributed by atoms with van der Waals surface area (Å²) in [5.74, 6) is 0.326. The van der Waals surface area contributed by atoms with Crippen LogP contribution in [0.2, 0.25) is 0 Å². The van der Waals surface area contributed by atoms with Gasteiger partial charge in [-0.1, -0.05) is 71.4 Å². The molecule has 1 aromatic carbocycles. The molecule has 0 unspecified atom stereocenters. The fourth-order valence-corrected chi connectivity index (χ4v) is 5.54. The highest BCUT2D eigenvalue weighted by atomic mass is 127. The van der Waals surface area contributed by atoms with Gasteiger partial charge in [0.15, 0.2) is 12.9 Å². The first-order valence-electron chi connectivity index (χ1n) is 8.25. The molecular weight excluding hydrogens is 395 g/mol. The highest BCUT2D eigenvalue weighted by molar-refractivity contribution is 6.00. The lowest BCUT2D eigenvalue weighted by molar-refractivity contribution is -0.579. The molecule has 0 amide bonds. The van der Waals surface area contributed by atoms with Crippen molar-refractivity contribution < 1.29 is 26.0 Å². The predicted molar refractivity (Wildman–Crippen MR) is 93.4 cm³/mol. The molecule has 0 saturated heterocycles. The first-order valence-corrected chi connectivity index (χ1v) is 10.4. The number of allylic oxidation sites excluding steroid dienone is 4. The largest absolute Gasteiger partial charge is 0.353 e. The number of ketones is 1. The van der Waals surface area contributed by atoms with Crippen LogP contribution >= 0.6 is 0 Å². The molecule has 1 nitrogen and oxygen atoms in total. The molecule has 2 heteroatoms. The van der Waals surface area contributed by atoms with Crippen molar-refractivity contribution in [2.75, 3.05) is 0 Å². The third kappa shape index (κ3) is 4.79. The van der Waals surface area contributed by atoms with E-state index in [0.29, 0.717) is 5.78 Å². The molecule has 1 aliphatic rings. The van der Waals surface area contributed by atoms with Crippen LogP contribution in [0.1, 0.15) is 54.4 Å². The minimum Gasteiger partial charge on any atom is -0.294 e. The van der Waals surface area contributed by atoms with E-state index in [2.05, 4.69) is 57.2 Å². The smallest absolute Gasteiger partial charge is 0.294 e. The van der Waals surface area contributed by atoms with Crippen molar-refractivity contribution in [3.63, 3.8) is 0 Å². The Hall–Kier alpha value is -0.900. The van der Waals surface area contributed by atoms with Gasteiger partial charge in [0.1, 0.15) is 0 Å². The summed E-state index contributed by atoms with van der Waals surface area (Å²) in [7, 11) is 0. The van der Waals surface area contributed by atoms with Crippen molar-refractivity contribution in [3.8, 4) is 0 Å². The monoisotopic (exact) mass is 423 g/mol. The molecule has 0 radical (unpaired) electrons. The van der Waals surface area contributed by atoms with Gasteiger partial charge in [-0.3, -0.25) is 4.79 Å². The maximum Gasteiger partial charge on any atom is 0.353 e. The first kappa shape index (κ1) is 18.4. The van der Waals surface area contributed by atoms with Crippen LogP contribution in [-0.2, 0) is 4.79 Å². The Morgan fingerprint density at radius 2 is 1.61 bits per heavy atom. The number of rotatable bonds is 3. The zero-order valence-electron chi connectivity index (χ0n) is 15.2. The predicted octanol–water partition coefficient (Wildman–Crippen LogP) is 2.58. The molecule has 0 aromatic heterocycles. The fourth-order valence-electron chi connectivity index (χ4n) is 2.62. The second kappa shape index (κ2) is 6.92. The van der Waals surface area contributed by atoms with Crippen LogP contribution in [0.15, 0.2) is 51.1 Å². The molecule has 0 spiro atoms. The van der Waals surface area contributed by atoms with E-state index >= 15 is 0 Å². The molecule has 1 aliphatic carbocycles. The molecule has 0 fully saturated rings. The molecule has 2 rings (SSSR count). The molecule has 124 valence electrons. The molecule has 0 atom stereocenters. The molecule has 0 aliphatic heterocycles. The van der Waals surface area contributed by atoms with Crippen LogP contribution in [0, 0.1) is 14.4 Å². The summed E-state index contributed by atoms with van der Waals surface area (Å²) in [6.45, 7) is 12.9. The van der Waals surface area contributed by atoms with Gasteiger partial charge in [-0.15, -0.1) is 0 Å². The molecule has 23 heavy (non-hydrogen) atoms. The van der Waals surface area contributed by atoms with Crippen molar-refractivity contribution in [1.82, 2.24) is 0 Å². The quantitative estimate of drug-likeness (QED) is 0.540. The highest BCUT2D eigenvalue weighted by Gasteiger charge is 2.36. The van der Waals surface area contributed by atoms with Crippen molar-refractivity contribution >= 4 is 5.78 Å². The van der Waals surface area contributed by atoms with Gasteiger partial charge in [-0.25, -0.2) is 0 Å². The Labute approximate surface area is 151 Å². The van der Waals surface area contributed by atoms with Crippen LogP contribution in [0.4, 0.5) is 0 Å². The van der Waals surface area contributed by atoms with Crippen molar-refractivity contribution in [2.45, 2.75) is 54.4 Å². The standard InChI is InChI=1S/C21H28IO/c1-20(2,3)15-12-13-17(19(23)21(4,5)6)18(14-15)22-16-10-8-7-9-11-16/h7-12H,13-14H2,1-6H3/q+1. The van der Waals surface area contributed by atoms with E-state index in [4.69, 9.17) is 0 Å². The summed E-state index contributed by atoms with van der Waals surface area (Å²) in [6, 6.07) is 10.7. The van der Waals surface area contributed by atoms with E-state index in [1.807, 2.05) is 20.8 Å². The van der Waals surface area contributed by atoms with Crippen LogP contribution in [0.25, 0.3) is 0 Å². The molecule has 0 saturated carbocycles. The van der Waals surface area contributed by atoms with Gasteiger partial charge >= 0.3 is 21.2 Å². The van der Waals surface area contributed by atoms with Crippen molar-refractivity contribution in [1.29, 1.82) is 0 Å². The zero-order chi connectivity index (χ0) is 17.3. The molecule has 1 aromatic rings. The number of carbonyl (C=O) groups is 1. The lowest BCUT2D eigenvalue weighted by Gasteiger charge is -2.27. The molecule has 0 heterocycles. The topological polar surface area (TPSA) is 17.1 Å². The van der Waals surface area contributed by atoms with Gasteiger partial charge in [-0.05, 0) is 24.0 Å². The van der Waals surface area contributed by atoms with E-state index in [1.165, 1.54) is 12.7 Å². The van der Waals surface area contributed by atoms with E-state index in [9.17, 15) is 4.79 Å². The number of hydrogen-bond donors (Lipinski definition) is 0. The van der Waals surface area contributed by atoms with Gasteiger partial charge in [0.2, 0.25) is 0 Å². The van der Waals surface area contributed by atoms with Gasteiger partial charge < -0.3 is 0 Å². The summed E-state index contributed by atoms with van der Waals surface area (Å²) >= 11 is -0.274. The van der Waals surface area contributed by atoms with Gasteiger partial charge in [0.05, 0.1) is 0 Å². The van der Waals surface area contributed by atoms with Gasteiger partial charge in [0.25, 0.3) is 0 Å². The normalized spacial score (nSPS) is 16.3. The Morgan fingerprint density at radius 3 is 2.13 bits per heavy atom. The van der Waals surface area contributed by atoms with E-state index in [-0.39, 0.29) is 32.0 Å². The average molecular weight is 423 g/mol. The zero-order valence-corrected chi connectivity index (χ0v) is 17.3. The minimum atomic E-state index is -0.298. The number of carbonyl (C=O) groups excluding carboxylic acids is 1. The Morgan fingerprint density at radius 1 is 1.00 bits per heavy atom. The van der Waals surface area contributed by atoms with Gasteiger partial charge in [-0.2, -0.15) is 0 Å². The summed E-state index contributed by atoms with van der Waals surface area (Å²) < 4.78 is 2.82. The average Bonchev–Trinajstić information content (AvgIpc) is 2.45. The molecule has 0 bridgehead atoms. The Balaban J connectivity index is 2.37. The molecular formula is C21H28IO+. The number of Topliss-reactive ketones (excluding diaryl/α,β-unsaturated/α-hetero) is 1. The summed E-state index contributed by atoms with van der Waals surface area (Å²) in [6.07, 6.45) is 4.09. The fraction of sp³-hybridized carbons (Fsp3) is 0.476. The van der Waals surface area contributed by atoms with Crippen molar-refractivity contribution in [2.24, 2.45) is 10.8 Å². The number of benzene rings is 1. The third-order valence-electron chi connectivity index (χ3n) is 4.10. The van der Waals surface area contributed by atoms with Crippen LogP contribution in [-0.4, -0.2) is 5.78 Å². The summed E-state index contributed by atoms with van der Waals surface area (Å²) in [5, 5.41) is 0. The highest BCUT2D eigenvalue weighted by Crippen LogP contribution is 2.35. The second-order valence-electron chi connectivity index (χ2n) is 8.21. The van der Waals surface area contributed by atoms with Gasteiger partial charge in [0, 0.05) is 17.4 Å². The second-order valence-corrected chi connectivity index (χ2v) is 11.3. The van der Waals surface area contributed by atoms with E-state index < -0.39 is 0 Å². The maximum atomic E-state index is 12.9. The molecule has 0 N–H and O–H groups in total. The summed E-state index contributed by atoms with van der Waals surface area (Å²) in [5.41, 5.74) is 2.45. The lowest BCUT2D eigenvalue weighted by Crippen LogP contribution is -3.61. The summed E-state index contributed by atoms with van der Waals surface area (Å²) in [4.78, 5) is 12.9. The van der Waals surface area contributed by atoms with Crippen LogP contribution < -0.4 is 21.2 Å². The third-order valence-corrected chi connectivity index (χ3v) is 7.13. The number of hydrogen-bond acceptors (Lipinski definition) is 1. The SMILES string of the molecule is CC(C)(C)C(=O)C1=C([I+]c2ccccc2)CC(C(C)(C)C)=CC1. The maximum absolute atomic E-state index is 12.9. The first-order chi connectivity index (χ1) is 10.6. The lowest BCUT2D eigenvalue weighted by atomic mass is 9.77. The van der Waals surface area contributed by atoms with E-state index in [1.54, 1.807) is 0 Å². The van der Waals surface area contributed by atoms with Crippen LogP contribution in [0.5, 0.6) is 0 Å². The van der Waals surface area contributed by atoms with Crippen molar-refractivity contribution in [3.05, 3.63) is 54.7 Å².